The van der Waals surface area contributed by atoms with E-state index in [0.29, 0.717) is 0 Å². The van der Waals surface area contributed by atoms with E-state index in [0.717, 1.165) is 0 Å². The van der Waals surface area contributed by atoms with Crippen LogP contribution in [0.25, 0.3) is 122 Å². The van der Waals surface area contributed by atoms with Crippen LogP contribution in [-0.4, -0.2) is 0 Å². The molecule has 0 nitrogen and oxygen atoms in total. The van der Waals surface area contributed by atoms with Gasteiger partial charge in [0.2, 0.25) is 0 Å². The van der Waals surface area contributed by atoms with Crippen molar-refractivity contribution in [1.82, 2.24) is 0 Å². The van der Waals surface area contributed by atoms with Crippen molar-refractivity contribution in [2.75, 3.05) is 0 Å². The Balaban J connectivity index is 0.000000110. The summed E-state index contributed by atoms with van der Waals surface area (Å²) in [4.78, 5) is 0. The Hall–Kier alpha value is -14.0. The Morgan fingerprint density at radius 1 is 0.134 bits per heavy atom. The van der Waals surface area contributed by atoms with Crippen LogP contribution in [0.1, 0.15) is 139 Å². The SMILES string of the molecule is Cc1cc(-c2ccccc2)cc(-c2ccccc2)c1.Cc1ccc2c(c1)-c1ccccc1C2(C)C.Cc1ccc2c(c1)C(C)(C)c1ccccc1-2.Cc1cccc(-c2cc(-c3ccccc3)cc(-c3ccccc3)c2)c1.Cc1cccc(-c2cccc(-c3ccccc3)c2)c1.Cc1cccc2c1-c1ccccc1C2(C)C.Cc1cccc2c1C(C)(C)c1ccccc1-2. The maximum absolute atomic E-state index is 2.33. The van der Waals surface area contributed by atoms with Crippen LogP contribution in [0.5, 0.6) is 0 Å². The first-order valence-corrected chi connectivity index (χ1v) is 45.0. The van der Waals surface area contributed by atoms with Gasteiger partial charge in [-0.2, -0.15) is 0 Å². The highest BCUT2D eigenvalue weighted by atomic mass is 14.4. The van der Waals surface area contributed by atoms with Crippen LogP contribution >= 0.6 is 0 Å². The van der Waals surface area contributed by atoms with Gasteiger partial charge in [-0.25, -0.2) is 0 Å². The predicted molar refractivity (Wildman–Crippen MR) is 547 cm³/mol. The Bertz CT molecular complexity index is 6780. The largest absolute Gasteiger partial charge is 0.0622 e. The summed E-state index contributed by atoms with van der Waals surface area (Å²) in [6.07, 6.45) is 0. The Morgan fingerprint density at radius 3 is 0.874 bits per heavy atom. The van der Waals surface area contributed by atoms with Crippen LogP contribution in [-0.2, 0) is 21.7 Å². The Labute approximate surface area is 756 Å². The molecule has 4 aliphatic rings. The molecule has 624 valence electrons. The average molecular weight is 1640 g/mol. The lowest BCUT2D eigenvalue weighted by Gasteiger charge is -2.23. The number of rotatable bonds is 7. The van der Waals surface area contributed by atoms with E-state index in [2.05, 4.69) is 529 Å². The molecule has 18 aromatic rings. The minimum Gasteiger partial charge on any atom is -0.0622 e. The molecule has 0 aromatic heterocycles. The van der Waals surface area contributed by atoms with Gasteiger partial charge in [-0.1, -0.05) is 478 Å². The lowest BCUT2D eigenvalue weighted by Crippen LogP contribution is -2.16. The minimum absolute atomic E-state index is 0.150. The summed E-state index contributed by atoms with van der Waals surface area (Å²) in [7, 11) is 0. The zero-order valence-electron chi connectivity index (χ0n) is 76.5. The highest BCUT2D eigenvalue weighted by molar-refractivity contribution is 5.87. The summed E-state index contributed by atoms with van der Waals surface area (Å²) in [5.41, 5.74) is 50.6. The molecule has 0 saturated carbocycles. The van der Waals surface area contributed by atoms with Gasteiger partial charge in [-0.15, -0.1) is 0 Å². The van der Waals surface area contributed by atoms with Gasteiger partial charge in [0.1, 0.15) is 0 Å². The molecule has 0 atom stereocenters. The third kappa shape index (κ3) is 18.6. The second-order valence-corrected chi connectivity index (χ2v) is 36.8. The third-order valence-electron chi connectivity index (χ3n) is 26.2. The molecule has 0 spiro atoms. The van der Waals surface area contributed by atoms with E-state index in [1.807, 2.05) is 6.07 Å². The van der Waals surface area contributed by atoms with Crippen LogP contribution in [0.4, 0.5) is 0 Å². The van der Waals surface area contributed by atoms with Crippen molar-refractivity contribution in [2.45, 2.75) is 126 Å². The number of fused-ring (bicyclic) bond motifs is 12. The second kappa shape index (κ2) is 37.4. The van der Waals surface area contributed by atoms with Crippen molar-refractivity contribution in [3.8, 4) is 122 Å². The van der Waals surface area contributed by atoms with Crippen LogP contribution in [0.15, 0.2) is 431 Å². The zero-order chi connectivity index (χ0) is 88.6. The molecule has 127 heavy (non-hydrogen) atoms. The summed E-state index contributed by atoms with van der Waals surface area (Å²) < 4.78 is 0. The van der Waals surface area contributed by atoms with Crippen molar-refractivity contribution >= 4 is 0 Å². The summed E-state index contributed by atoms with van der Waals surface area (Å²) >= 11 is 0. The molecule has 0 heteroatoms. The summed E-state index contributed by atoms with van der Waals surface area (Å²) in [6, 6.07) is 154. The number of hydrogen-bond donors (Lipinski definition) is 0. The maximum Gasteiger partial charge on any atom is 0.0161 e. The summed E-state index contributed by atoms with van der Waals surface area (Å²) in [6.45, 7) is 33.7. The van der Waals surface area contributed by atoms with E-state index < -0.39 is 0 Å². The zero-order valence-corrected chi connectivity index (χ0v) is 76.5. The van der Waals surface area contributed by atoms with Crippen LogP contribution < -0.4 is 0 Å². The van der Waals surface area contributed by atoms with Gasteiger partial charge in [-0.05, 0) is 262 Å². The molecule has 0 amide bonds. The number of benzene rings is 18. The number of hydrogen-bond acceptors (Lipinski definition) is 0. The molecule has 0 radical (unpaired) electrons. The molecule has 4 aliphatic carbocycles. The fourth-order valence-electron chi connectivity index (χ4n) is 19.6. The van der Waals surface area contributed by atoms with E-state index >= 15 is 0 Å². The van der Waals surface area contributed by atoms with Gasteiger partial charge in [0.15, 0.2) is 0 Å². The second-order valence-electron chi connectivity index (χ2n) is 36.8. The van der Waals surface area contributed by atoms with Crippen LogP contribution in [0.2, 0.25) is 0 Å². The Morgan fingerprint density at radius 2 is 0.394 bits per heavy atom. The topological polar surface area (TPSA) is 0 Å². The van der Waals surface area contributed by atoms with Gasteiger partial charge in [0.25, 0.3) is 0 Å². The van der Waals surface area contributed by atoms with E-state index in [1.54, 1.807) is 0 Å². The van der Waals surface area contributed by atoms with Gasteiger partial charge in [0, 0.05) is 21.7 Å². The molecule has 0 bridgehead atoms. The van der Waals surface area contributed by atoms with Crippen molar-refractivity contribution in [3.05, 3.63) is 514 Å². The van der Waals surface area contributed by atoms with Gasteiger partial charge >= 0.3 is 0 Å². The highest BCUT2D eigenvalue weighted by Crippen LogP contribution is 2.53. The normalized spacial score (nSPS) is 13.1. The molecule has 22 rings (SSSR count). The molecule has 18 aromatic carbocycles. The molecule has 0 N–H and O–H groups in total. The quantitative estimate of drug-likeness (QED) is 0.149. The first kappa shape index (κ1) is 86.5. The number of aryl methyl sites for hydroxylation is 7. The highest BCUT2D eigenvalue weighted by Gasteiger charge is 2.39. The summed E-state index contributed by atoms with van der Waals surface area (Å²) in [5, 5.41) is 0. The minimum atomic E-state index is 0.150. The summed E-state index contributed by atoms with van der Waals surface area (Å²) in [5.74, 6) is 0. The molecule has 0 heterocycles. The van der Waals surface area contributed by atoms with Gasteiger partial charge in [0.05, 0.1) is 0 Å². The van der Waals surface area contributed by atoms with Crippen LogP contribution in [0.3, 0.4) is 0 Å². The van der Waals surface area contributed by atoms with Crippen molar-refractivity contribution in [3.63, 3.8) is 0 Å². The molecule has 0 aliphatic heterocycles. The monoisotopic (exact) mass is 1640 g/mol. The lowest BCUT2D eigenvalue weighted by molar-refractivity contribution is 0.655. The Kier molecular flexibility index (Phi) is 25.5. The average Bonchev–Trinajstić information content (AvgIpc) is 1.59. The first-order chi connectivity index (χ1) is 61.4. The smallest absolute Gasteiger partial charge is 0.0161 e. The van der Waals surface area contributed by atoms with Crippen molar-refractivity contribution in [1.29, 1.82) is 0 Å². The lowest BCUT2D eigenvalue weighted by atomic mass is 9.80. The maximum atomic E-state index is 2.33. The van der Waals surface area contributed by atoms with Crippen LogP contribution in [0, 0.1) is 48.5 Å². The van der Waals surface area contributed by atoms with E-state index in [4.69, 9.17) is 0 Å². The third-order valence-corrected chi connectivity index (χ3v) is 26.2. The van der Waals surface area contributed by atoms with E-state index in [1.165, 1.54) is 206 Å². The standard InChI is InChI=1S/C25H20.2C19H16.4C16H16/c1-19-9-8-14-22(15-19)25-17-23(20-10-4-2-5-11-20)16-24(18-25)21-12-6-3-7-13-21;1-15-12-18(16-8-4-2-5-9-16)14-19(13-15)17-10-6-3-7-11-17;1-15-7-5-10-17(13-15)19-12-6-11-18(14-19)16-8-3-2-4-9-16;1-11-7-6-9-13-12-8-4-5-10-14(12)16(2,3)15(11)13;1-11-7-6-10-14-15(11)12-8-4-5-9-13(12)16(14,2)3;1-11-8-9-15-13(10-11)12-6-4-5-7-14(12)16(15,2)3;1-11-8-9-13-12-6-4-5-7-14(12)16(2,3)15(13)10-11/h2-18H,1H3;2*2-14H,1H3;4*4-10H,1-3H3. The van der Waals surface area contributed by atoms with Gasteiger partial charge < -0.3 is 0 Å². The fraction of sp³-hybridized carbons (Fsp3) is 0.150. The molecular weight excluding hydrogens is 1530 g/mol. The van der Waals surface area contributed by atoms with Crippen molar-refractivity contribution < 1.29 is 0 Å². The molecular formula is C127H116. The van der Waals surface area contributed by atoms with Gasteiger partial charge in [-0.3, -0.25) is 0 Å². The molecule has 0 saturated heterocycles. The van der Waals surface area contributed by atoms with E-state index in [-0.39, 0.29) is 21.7 Å². The van der Waals surface area contributed by atoms with E-state index in [9.17, 15) is 0 Å². The predicted octanol–water partition coefficient (Wildman–Crippen LogP) is 34.9. The molecule has 0 unspecified atom stereocenters. The van der Waals surface area contributed by atoms with Crippen molar-refractivity contribution in [2.24, 2.45) is 0 Å². The first-order valence-electron chi connectivity index (χ1n) is 45.0. The molecule has 0 fully saturated rings. The fourth-order valence-corrected chi connectivity index (χ4v) is 19.6.